The second kappa shape index (κ2) is 8.95. The van der Waals surface area contributed by atoms with Crippen LogP contribution in [0.5, 0.6) is 0 Å². The first-order valence-corrected chi connectivity index (χ1v) is 6.88. The quantitative estimate of drug-likeness (QED) is 0.512. The number of carboxylic acids is 1. The molecule has 7 nitrogen and oxygen atoms in total. The van der Waals surface area contributed by atoms with Crippen molar-refractivity contribution in [2.75, 3.05) is 6.54 Å². The minimum absolute atomic E-state index is 0.179. The molecule has 0 bridgehead atoms. The van der Waals surface area contributed by atoms with Gasteiger partial charge in [-0.2, -0.15) is 0 Å². The standard InChI is InChI=1S/C13H22N4O3/c1-2-3-4-5-6-15-13(20)17-11(12(18)19)7-10-8-14-9-16-10/h8-9,11H,2-7H2,1H3,(H,14,16)(H,18,19)(H2,15,17,20). The molecular formula is C13H22N4O3. The number of aromatic amines is 1. The summed E-state index contributed by atoms with van der Waals surface area (Å²) < 4.78 is 0. The highest BCUT2D eigenvalue weighted by atomic mass is 16.4. The number of H-pyrrole nitrogens is 1. The number of urea groups is 1. The topological polar surface area (TPSA) is 107 Å². The molecule has 0 aliphatic heterocycles. The first kappa shape index (κ1) is 16.0. The Morgan fingerprint density at radius 3 is 2.80 bits per heavy atom. The second-order valence-electron chi connectivity index (χ2n) is 4.63. The van der Waals surface area contributed by atoms with Crippen molar-refractivity contribution >= 4 is 12.0 Å². The minimum atomic E-state index is -1.07. The molecule has 112 valence electrons. The summed E-state index contributed by atoms with van der Waals surface area (Å²) >= 11 is 0. The van der Waals surface area contributed by atoms with Crippen LogP contribution in [0, 0.1) is 0 Å². The van der Waals surface area contributed by atoms with Crippen molar-refractivity contribution in [2.24, 2.45) is 0 Å². The fraction of sp³-hybridized carbons (Fsp3) is 0.615. The Balaban J connectivity index is 2.30. The van der Waals surface area contributed by atoms with Crippen LogP contribution in [0.2, 0.25) is 0 Å². The Hall–Kier alpha value is -2.05. The van der Waals surface area contributed by atoms with Gasteiger partial charge in [0.15, 0.2) is 0 Å². The number of imidazole rings is 1. The summed E-state index contributed by atoms with van der Waals surface area (Å²) in [6.45, 7) is 2.68. The van der Waals surface area contributed by atoms with Crippen molar-refractivity contribution in [3.8, 4) is 0 Å². The van der Waals surface area contributed by atoms with Crippen molar-refractivity contribution in [1.29, 1.82) is 0 Å². The first-order chi connectivity index (χ1) is 9.63. The summed E-state index contributed by atoms with van der Waals surface area (Å²) in [6.07, 6.45) is 7.44. The van der Waals surface area contributed by atoms with E-state index in [4.69, 9.17) is 5.11 Å². The molecule has 1 aromatic rings. The fourth-order valence-electron chi connectivity index (χ4n) is 1.78. The Kier molecular flexibility index (Phi) is 7.16. The maximum atomic E-state index is 11.6. The molecule has 0 radical (unpaired) electrons. The second-order valence-corrected chi connectivity index (χ2v) is 4.63. The van der Waals surface area contributed by atoms with Gasteiger partial charge < -0.3 is 20.7 Å². The zero-order chi connectivity index (χ0) is 14.8. The number of hydrogen-bond donors (Lipinski definition) is 4. The van der Waals surface area contributed by atoms with E-state index in [2.05, 4.69) is 27.5 Å². The van der Waals surface area contributed by atoms with Crippen molar-refractivity contribution in [3.63, 3.8) is 0 Å². The highest BCUT2D eigenvalue weighted by Gasteiger charge is 2.20. The SMILES string of the molecule is CCCCCCNC(=O)NC(Cc1cnc[nH]1)C(=O)O. The predicted molar refractivity (Wildman–Crippen MR) is 74.4 cm³/mol. The molecule has 0 aliphatic carbocycles. The van der Waals surface area contributed by atoms with E-state index >= 15 is 0 Å². The summed E-state index contributed by atoms with van der Waals surface area (Å²) in [7, 11) is 0. The number of nitrogens with zero attached hydrogens (tertiary/aromatic N) is 1. The van der Waals surface area contributed by atoms with Gasteiger partial charge >= 0.3 is 12.0 Å². The Bertz CT molecular complexity index is 406. The average Bonchev–Trinajstić information content (AvgIpc) is 2.90. The number of amides is 2. The number of rotatable bonds is 9. The van der Waals surface area contributed by atoms with Crippen LogP contribution >= 0.6 is 0 Å². The zero-order valence-corrected chi connectivity index (χ0v) is 11.7. The molecule has 20 heavy (non-hydrogen) atoms. The van der Waals surface area contributed by atoms with Gasteiger partial charge in [0.1, 0.15) is 6.04 Å². The third-order valence-corrected chi connectivity index (χ3v) is 2.90. The predicted octanol–water partition coefficient (Wildman–Crippen LogP) is 1.28. The number of hydrogen-bond acceptors (Lipinski definition) is 3. The van der Waals surface area contributed by atoms with E-state index < -0.39 is 18.0 Å². The van der Waals surface area contributed by atoms with Crippen LogP contribution in [0.3, 0.4) is 0 Å². The van der Waals surface area contributed by atoms with Gasteiger partial charge in [0, 0.05) is 24.9 Å². The van der Waals surface area contributed by atoms with E-state index in [0.29, 0.717) is 12.2 Å². The summed E-state index contributed by atoms with van der Waals surface area (Å²) in [5, 5.41) is 14.2. The fourth-order valence-corrected chi connectivity index (χ4v) is 1.78. The summed E-state index contributed by atoms with van der Waals surface area (Å²) in [6, 6.07) is -1.42. The number of aliphatic carboxylic acids is 1. The molecule has 1 unspecified atom stereocenters. The molecule has 4 N–H and O–H groups in total. The maximum Gasteiger partial charge on any atom is 0.326 e. The lowest BCUT2D eigenvalue weighted by Crippen LogP contribution is -2.47. The average molecular weight is 282 g/mol. The largest absolute Gasteiger partial charge is 0.480 e. The van der Waals surface area contributed by atoms with Crippen molar-refractivity contribution in [3.05, 3.63) is 18.2 Å². The third-order valence-electron chi connectivity index (χ3n) is 2.90. The number of nitrogens with one attached hydrogen (secondary N) is 3. The van der Waals surface area contributed by atoms with Crippen LogP contribution in [-0.4, -0.2) is 39.7 Å². The normalized spacial score (nSPS) is 11.8. The van der Waals surface area contributed by atoms with E-state index in [1.54, 1.807) is 6.20 Å². The monoisotopic (exact) mass is 282 g/mol. The number of carbonyl (C=O) groups is 2. The molecule has 1 rings (SSSR count). The van der Waals surface area contributed by atoms with Crippen LogP contribution in [0.25, 0.3) is 0 Å². The number of unbranched alkanes of at least 4 members (excludes halogenated alkanes) is 3. The van der Waals surface area contributed by atoms with Crippen LogP contribution in [-0.2, 0) is 11.2 Å². The van der Waals surface area contributed by atoms with Gasteiger partial charge in [-0.3, -0.25) is 0 Å². The smallest absolute Gasteiger partial charge is 0.326 e. The lowest BCUT2D eigenvalue weighted by Gasteiger charge is -2.14. The van der Waals surface area contributed by atoms with Gasteiger partial charge in [0.05, 0.1) is 6.33 Å². The Morgan fingerprint density at radius 2 is 2.20 bits per heavy atom. The van der Waals surface area contributed by atoms with Crippen molar-refractivity contribution in [2.45, 2.75) is 45.1 Å². The highest BCUT2D eigenvalue weighted by molar-refractivity contribution is 5.82. The van der Waals surface area contributed by atoms with Crippen LogP contribution in [0.4, 0.5) is 4.79 Å². The van der Waals surface area contributed by atoms with E-state index in [9.17, 15) is 9.59 Å². The molecule has 1 aromatic heterocycles. The van der Waals surface area contributed by atoms with Crippen LogP contribution in [0.15, 0.2) is 12.5 Å². The molecule has 0 aliphatic rings. The molecule has 2 amide bonds. The molecule has 0 fully saturated rings. The molecule has 7 heteroatoms. The molecule has 1 atom stereocenters. The third kappa shape index (κ3) is 6.21. The molecular weight excluding hydrogens is 260 g/mol. The summed E-state index contributed by atoms with van der Waals surface area (Å²) in [4.78, 5) is 29.3. The molecule has 1 heterocycles. The van der Waals surface area contributed by atoms with Gasteiger partial charge in [0.2, 0.25) is 0 Å². The van der Waals surface area contributed by atoms with Gasteiger partial charge in [-0.05, 0) is 6.42 Å². The van der Waals surface area contributed by atoms with E-state index in [0.717, 1.165) is 25.7 Å². The Morgan fingerprint density at radius 1 is 1.40 bits per heavy atom. The molecule has 0 spiro atoms. The molecule has 0 saturated carbocycles. The van der Waals surface area contributed by atoms with Crippen LogP contribution < -0.4 is 10.6 Å². The van der Waals surface area contributed by atoms with E-state index in [1.807, 2.05) is 0 Å². The number of carbonyl (C=O) groups excluding carboxylic acids is 1. The molecule has 0 aromatic carbocycles. The number of carboxylic acid groups (broad SMARTS) is 1. The van der Waals surface area contributed by atoms with Crippen LogP contribution in [0.1, 0.15) is 38.3 Å². The maximum absolute atomic E-state index is 11.6. The highest BCUT2D eigenvalue weighted by Crippen LogP contribution is 1.99. The lowest BCUT2D eigenvalue weighted by atomic mass is 10.1. The number of aromatic nitrogens is 2. The first-order valence-electron chi connectivity index (χ1n) is 6.88. The Labute approximate surface area is 118 Å². The molecule has 0 saturated heterocycles. The van der Waals surface area contributed by atoms with Gasteiger partial charge in [-0.1, -0.05) is 26.2 Å². The zero-order valence-electron chi connectivity index (χ0n) is 11.7. The minimum Gasteiger partial charge on any atom is -0.480 e. The van der Waals surface area contributed by atoms with Crippen molar-refractivity contribution < 1.29 is 14.7 Å². The summed E-state index contributed by atoms with van der Waals surface area (Å²) in [5.41, 5.74) is 0.667. The van der Waals surface area contributed by atoms with Gasteiger partial charge in [0.25, 0.3) is 0 Å². The van der Waals surface area contributed by atoms with E-state index in [-0.39, 0.29) is 6.42 Å². The van der Waals surface area contributed by atoms with Gasteiger partial charge in [-0.25, -0.2) is 14.6 Å². The van der Waals surface area contributed by atoms with E-state index in [1.165, 1.54) is 6.33 Å². The lowest BCUT2D eigenvalue weighted by molar-refractivity contribution is -0.139. The van der Waals surface area contributed by atoms with Crippen molar-refractivity contribution in [1.82, 2.24) is 20.6 Å². The van der Waals surface area contributed by atoms with Gasteiger partial charge in [-0.15, -0.1) is 0 Å². The summed E-state index contributed by atoms with van der Waals surface area (Å²) in [5.74, 6) is -1.07.